The Morgan fingerprint density at radius 1 is 1.50 bits per heavy atom. The van der Waals surface area contributed by atoms with Crippen molar-refractivity contribution in [2.24, 2.45) is 0 Å². The van der Waals surface area contributed by atoms with Crippen LogP contribution in [0.1, 0.15) is 30.1 Å². The predicted octanol–water partition coefficient (Wildman–Crippen LogP) is 0.436. The Morgan fingerprint density at radius 3 is 3.14 bits per heavy atom. The largest absolute Gasteiger partial charge is 0.390 e. The molecule has 0 amide bonds. The summed E-state index contributed by atoms with van der Waals surface area (Å²) in [4.78, 5) is 8.22. The van der Waals surface area contributed by atoms with Crippen LogP contribution < -0.4 is 5.32 Å². The third-order valence-electron chi connectivity index (χ3n) is 2.62. The van der Waals surface area contributed by atoms with Gasteiger partial charge in [0.25, 0.3) is 0 Å². The van der Waals surface area contributed by atoms with Crippen LogP contribution in [0, 0.1) is 0 Å². The van der Waals surface area contributed by atoms with Crippen LogP contribution in [0.15, 0.2) is 12.4 Å². The van der Waals surface area contributed by atoms with E-state index in [4.69, 9.17) is 5.11 Å². The topological polar surface area (TPSA) is 58.0 Å². The molecular formula is C10H15N3O. The standard InChI is InChI=1S/C10H15N3O/c14-6-9-4-10(13-7-12-9)8-2-1-3-11-5-8/h4,7-8,11,14H,1-3,5-6H2. The van der Waals surface area contributed by atoms with Crippen molar-refractivity contribution >= 4 is 0 Å². The fourth-order valence-corrected chi connectivity index (χ4v) is 1.83. The highest BCUT2D eigenvalue weighted by Gasteiger charge is 2.16. The summed E-state index contributed by atoms with van der Waals surface area (Å²) in [7, 11) is 0. The fourth-order valence-electron chi connectivity index (χ4n) is 1.83. The molecule has 1 atom stereocenters. The van der Waals surface area contributed by atoms with Gasteiger partial charge in [0, 0.05) is 18.2 Å². The van der Waals surface area contributed by atoms with Crippen LogP contribution >= 0.6 is 0 Å². The number of piperidine rings is 1. The van der Waals surface area contributed by atoms with Crippen LogP contribution in [0.25, 0.3) is 0 Å². The summed E-state index contributed by atoms with van der Waals surface area (Å²) < 4.78 is 0. The molecule has 0 aromatic carbocycles. The van der Waals surface area contributed by atoms with E-state index in [0.717, 1.165) is 18.8 Å². The number of hydrogen-bond acceptors (Lipinski definition) is 4. The van der Waals surface area contributed by atoms with Gasteiger partial charge in [-0.1, -0.05) is 0 Å². The smallest absolute Gasteiger partial charge is 0.116 e. The van der Waals surface area contributed by atoms with E-state index in [9.17, 15) is 0 Å². The molecule has 0 aliphatic carbocycles. The fraction of sp³-hybridized carbons (Fsp3) is 0.600. The highest BCUT2D eigenvalue weighted by molar-refractivity contribution is 5.13. The summed E-state index contributed by atoms with van der Waals surface area (Å²) in [6, 6.07) is 1.90. The summed E-state index contributed by atoms with van der Waals surface area (Å²) in [6.45, 7) is 2.09. The van der Waals surface area contributed by atoms with Crippen molar-refractivity contribution in [1.82, 2.24) is 15.3 Å². The van der Waals surface area contributed by atoms with Crippen LogP contribution in [0.3, 0.4) is 0 Å². The van der Waals surface area contributed by atoms with Crippen LogP contribution in [0.5, 0.6) is 0 Å². The molecule has 1 unspecified atom stereocenters. The van der Waals surface area contributed by atoms with Gasteiger partial charge >= 0.3 is 0 Å². The van der Waals surface area contributed by atoms with Gasteiger partial charge in [-0.2, -0.15) is 0 Å². The zero-order valence-electron chi connectivity index (χ0n) is 8.11. The average molecular weight is 193 g/mol. The van der Waals surface area contributed by atoms with Crippen molar-refractivity contribution < 1.29 is 5.11 Å². The molecule has 0 spiro atoms. The first kappa shape index (κ1) is 9.55. The molecule has 76 valence electrons. The first-order chi connectivity index (χ1) is 6.90. The van der Waals surface area contributed by atoms with Crippen LogP contribution in [0.4, 0.5) is 0 Å². The van der Waals surface area contributed by atoms with Crippen molar-refractivity contribution in [1.29, 1.82) is 0 Å². The van der Waals surface area contributed by atoms with Gasteiger partial charge in [-0.25, -0.2) is 9.97 Å². The zero-order chi connectivity index (χ0) is 9.80. The predicted molar refractivity (Wildman–Crippen MR) is 52.8 cm³/mol. The van der Waals surface area contributed by atoms with Gasteiger partial charge in [0.15, 0.2) is 0 Å². The van der Waals surface area contributed by atoms with Gasteiger partial charge in [-0.05, 0) is 25.5 Å². The van der Waals surface area contributed by atoms with E-state index in [-0.39, 0.29) is 6.61 Å². The van der Waals surface area contributed by atoms with Crippen molar-refractivity contribution in [2.75, 3.05) is 13.1 Å². The lowest BCUT2D eigenvalue weighted by molar-refractivity contribution is 0.276. The molecule has 14 heavy (non-hydrogen) atoms. The molecule has 2 heterocycles. The normalized spacial score (nSPS) is 22.2. The summed E-state index contributed by atoms with van der Waals surface area (Å²) in [5, 5.41) is 12.3. The van der Waals surface area contributed by atoms with Crippen molar-refractivity contribution in [3.8, 4) is 0 Å². The van der Waals surface area contributed by atoms with E-state index in [0.29, 0.717) is 11.6 Å². The van der Waals surface area contributed by atoms with E-state index < -0.39 is 0 Å². The third kappa shape index (κ3) is 2.08. The number of nitrogens with one attached hydrogen (secondary N) is 1. The maximum atomic E-state index is 8.95. The van der Waals surface area contributed by atoms with Gasteiger partial charge in [-0.15, -0.1) is 0 Å². The molecule has 1 aliphatic rings. The van der Waals surface area contributed by atoms with Crippen LogP contribution in [-0.4, -0.2) is 28.2 Å². The Labute approximate surface area is 83.4 Å². The van der Waals surface area contributed by atoms with E-state index in [1.54, 1.807) is 0 Å². The Hall–Kier alpha value is -1.00. The Bertz CT molecular complexity index is 297. The molecule has 0 saturated carbocycles. The minimum absolute atomic E-state index is 0.00430. The quantitative estimate of drug-likeness (QED) is 0.715. The summed E-state index contributed by atoms with van der Waals surface area (Å²) in [5.41, 5.74) is 1.76. The Morgan fingerprint density at radius 2 is 2.43 bits per heavy atom. The molecule has 0 radical (unpaired) electrons. The maximum absolute atomic E-state index is 8.95. The number of rotatable bonds is 2. The number of hydrogen-bond donors (Lipinski definition) is 2. The van der Waals surface area contributed by atoms with Crippen LogP contribution in [-0.2, 0) is 6.61 Å². The molecule has 1 aliphatic heterocycles. The molecular weight excluding hydrogens is 178 g/mol. The number of aliphatic hydroxyl groups is 1. The molecule has 1 fully saturated rings. The molecule has 4 heteroatoms. The number of aromatic nitrogens is 2. The van der Waals surface area contributed by atoms with Gasteiger partial charge in [0.2, 0.25) is 0 Å². The lowest BCUT2D eigenvalue weighted by Crippen LogP contribution is -2.28. The van der Waals surface area contributed by atoms with E-state index in [2.05, 4.69) is 15.3 Å². The molecule has 2 N–H and O–H groups in total. The summed E-state index contributed by atoms with van der Waals surface area (Å²) in [6.07, 6.45) is 3.91. The minimum Gasteiger partial charge on any atom is -0.390 e. The Balaban J connectivity index is 2.13. The lowest BCUT2D eigenvalue weighted by Gasteiger charge is -2.22. The van der Waals surface area contributed by atoms with E-state index >= 15 is 0 Å². The highest BCUT2D eigenvalue weighted by Crippen LogP contribution is 2.21. The van der Waals surface area contributed by atoms with Gasteiger partial charge in [0.1, 0.15) is 6.33 Å². The lowest BCUT2D eigenvalue weighted by atomic mass is 9.95. The van der Waals surface area contributed by atoms with Gasteiger partial charge < -0.3 is 10.4 Å². The van der Waals surface area contributed by atoms with Gasteiger partial charge in [0.05, 0.1) is 12.3 Å². The molecule has 4 nitrogen and oxygen atoms in total. The van der Waals surface area contributed by atoms with E-state index in [1.165, 1.54) is 19.2 Å². The first-order valence-corrected chi connectivity index (χ1v) is 5.02. The zero-order valence-corrected chi connectivity index (χ0v) is 8.11. The highest BCUT2D eigenvalue weighted by atomic mass is 16.3. The third-order valence-corrected chi connectivity index (χ3v) is 2.62. The van der Waals surface area contributed by atoms with Crippen LogP contribution in [0.2, 0.25) is 0 Å². The maximum Gasteiger partial charge on any atom is 0.116 e. The second-order valence-electron chi connectivity index (χ2n) is 3.64. The minimum atomic E-state index is -0.00430. The number of nitrogens with zero attached hydrogens (tertiary/aromatic N) is 2. The SMILES string of the molecule is OCc1cc(C2CCCNC2)ncn1. The molecule has 1 aromatic rings. The monoisotopic (exact) mass is 193 g/mol. The molecule has 1 aromatic heterocycles. The molecule has 0 bridgehead atoms. The van der Waals surface area contributed by atoms with Crippen molar-refractivity contribution in [3.05, 3.63) is 23.8 Å². The number of aliphatic hydroxyl groups excluding tert-OH is 1. The van der Waals surface area contributed by atoms with Crippen molar-refractivity contribution in [2.45, 2.75) is 25.4 Å². The second kappa shape index (κ2) is 4.48. The van der Waals surface area contributed by atoms with Crippen molar-refractivity contribution in [3.63, 3.8) is 0 Å². The molecule has 1 saturated heterocycles. The Kier molecular flexibility index (Phi) is 3.06. The summed E-state index contributed by atoms with van der Waals surface area (Å²) >= 11 is 0. The van der Waals surface area contributed by atoms with E-state index in [1.807, 2.05) is 6.07 Å². The molecule has 2 rings (SSSR count). The van der Waals surface area contributed by atoms with Gasteiger partial charge in [-0.3, -0.25) is 0 Å². The average Bonchev–Trinajstić information content (AvgIpc) is 2.30. The summed E-state index contributed by atoms with van der Waals surface area (Å²) in [5.74, 6) is 0.483. The first-order valence-electron chi connectivity index (χ1n) is 5.02. The second-order valence-corrected chi connectivity index (χ2v) is 3.64.